The molecule has 2 aliphatic rings. The number of carbonyl (C=O) groups excluding carboxylic acids is 1. The summed E-state index contributed by atoms with van der Waals surface area (Å²) >= 11 is 0. The number of morpholine rings is 1. The van der Waals surface area contributed by atoms with Crippen LogP contribution in [-0.4, -0.2) is 41.7 Å². The van der Waals surface area contributed by atoms with Crippen LogP contribution in [0.15, 0.2) is 24.0 Å². The van der Waals surface area contributed by atoms with Gasteiger partial charge < -0.3 is 14.2 Å². The molecule has 5 nitrogen and oxygen atoms in total. The van der Waals surface area contributed by atoms with Gasteiger partial charge in [-0.1, -0.05) is 12.8 Å². The van der Waals surface area contributed by atoms with Crippen LogP contribution in [0.3, 0.4) is 0 Å². The second-order valence-electron chi connectivity index (χ2n) is 5.90. The molecule has 1 aliphatic heterocycles. The zero-order chi connectivity index (χ0) is 15.4. The average Bonchev–Trinajstić information content (AvgIpc) is 3.24. The number of nitrogens with zero attached hydrogens (tertiary/aromatic N) is 3. The molecule has 0 bridgehead atoms. The highest BCUT2D eigenvalue weighted by Crippen LogP contribution is 2.30. The first-order valence-corrected chi connectivity index (χ1v) is 7.94. The van der Waals surface area contributed by atoms with Gasteiger partial charge in [0.05, 0.1) is 13.2 Å². The van der Waals surface area contributed by atoms with Crippen molar-refractivity contribution in [2.24, 2.45) is 0 Å². The summed E-state index contributed by atoms with van der Waals surface area (Å²) < 4.78 is 7.46. The van der Waals surface area contributed by atoms with Crippen LogP contribution in [0.2, 0.25) is 0 Å². The first kappa shape index (κ1) is 14.9. The smallest absolute Gasteiger partial charge is 0.264 e. The summed E-state index contributed by atoms with van der Waals surface area (Å²) in [6.07, 6.45) is 10.8. The minimum Gasteiger partial charge on any atom is -0.378 e. The normalized spacial score (nSPS) is 20.1. The molecule has 1 saturated heterocycles. The second-order valence-corrected chi connectivity index (χ2v) is 5.90. The largest absolute Gasteiger partial charge is 0.378 e. The molecule has 5 heteroatoms. The van der Waals surface area contributed by atoms with E-state index in [4.69, 9.17) is 4.74 Å². The van der Waals surface area contributed by atoms with Crippen LogP contribution in [0.4, 0.5) is 0 Å². The molecule has 1 aromatic heterocycles. The molecule has 0 unspecified atom stereocenters. The van der Waals surface area contributed by atoms with Gasteiger partial charge in [-0.2, -0.15) is 5.26 Å². The molecule has 1 aliphatic carbocycles. The number of nitriles is 1. The van der Waals surface area contributed by atoms with Crippen molar-refractivity contribution in [2.45, 2.75) is 31.7 Å². The molecular formula is C17H21N3O2. The maximum Gasteiger partial charge on any atom is 0.264 e. The third-order valence-corrected chi connectivity index (χ3v) is 4.44. The van der Waals surface area contributed by atoms with E-state index in [0.29, 0.717) is 32.3 Å². The molecule has 116 valence electrons. The monoisotopic (exact) mass is 299 g/mol. The van der Waals surface area contributed by atoms with Crippen molar-refractivity contribution in [3.63, 3.8) is 0 Å². The number of amides is 1. The molecule has 0 aromatic carbocycles. The van der Waals surface area contributed by atoms with Gasteiger partial charge in [-0.3, -0.25) is 4.79 Å². The summed E-state index contributed by atoms with van der Waals surface area (Å²) in [5.41, 5.74) is 1.12. The molecule has 1 saturated carbocycles. The third-order valence-electron chi connectivity index (χ3n) is 4.44. The molecule has 1 aromatic rings. The molecular weight excluding hydrogens is 278 g/mol. The maximum absolute atomic E-state index is 12.4. The quantitative estimate of drug-likeness (QED) is 0.636. The van der Waals surface area contributed by atoms with Gasteiger partial charge in [0, 0.05) is 31.5 Å². The Morgan fingerprint density at radius 3 is 2.73 bits per heavy atom. The summed E-state index contributed by atoms with van der Waals surface area (Å²) in [6.45, 7) is 2.20. The van der Waals surface area contributed by atoms with E-state index in [9.17, 15) is 10.1 Å². The van der Waals surface area contributed by atoms with Gasteiger partial charge in [0.2, 0.25) is 0 Å². The van der Waals surface area contributed by atoms with Crippen LogP contribution in [0.25, 0.3) is 6.08 Å². The van der Waals surface area contributed by atoms with Crippen LogP contribution in [0.5, 0.6) is 0 Å². The molecule has 0 spiro atoms. The highest BCUT2D eigenvalue weighted by molar-refractivity contribution is 6.01. The van der Waals surface area contributed by atoms with Crippen LogP contribution in [0.1, 0.15) is 37.3 Å². The molecule has 0 radical (unpaired) electrons. The van der Waals surface area contributed by atoms with Gasteiger partial charge in [-0.15, -0.1) is 0 Å². The van der Waals surface area contributed by atoms with Crippen LogP contribution < -0.4 is 0 Å². The second kappa shape index (κ2) is 6.80. The van der Waals surface area contributed by atoms with Gasteiger partial charge in [-0.25, -0.2) is 0 Å². The van der Waals surface area contributed by atoms with Gasteiger partial charge in [0.1, 0.15) is 11.6 Å². The fourth-order valence-corrected chi connectivity index (χ4v) is 3.19. The molecule has 3 rings (SSSR count). The summed E-state index contributed by atoms with van der Waals surface area (Å²) in [6, 6.07) is 4.59. The van der Waals surface area contributed by atoms with Crippen molar-refractivity contribution in [1.29, 1.82) is 5.26 Å². The first-order chi connectivity index (χ1) is 10.8. The standard InChI is InChI=1S/C17H21N3O2/c18-12-15(17(21)19-7-9-22-10-8-19)11-14-5-6-20(13-14)16-3-1-2-4-16/h5-6,11,13,16H,1-4,7-10H2/b15-11+. The number of hydrogen-bond donors (Lipinski definition) is 0. The van der Waals surface area contributed by atoms with Crippen molar-refractivity contribution in [2.75, 3.05) is 26.3 Å². The van der Waals surface area contributed by atoms with Gasteiger partial charge >= 0.3 is 0 Å². The Morgan fingerprint density at radius 1 is 1.32 bits per heavy atom. The van der Waals surface area contributed by atoms with Crippen molar-refractivity contribution in [3.05, 3.63) is 29.6 Å². The fourth-order valence-electron chi connectivity index (χ4n) is 3.19. The van der Waals surface area contributed by atoms with E-state index in [2.05, 4.69) is 10.8 Å². The summed E-state index contributed by atoms with van der Waals surface area (Å²) in [7, 11) is 0. The van der Waals surface area contributed by atoms with Crippen molar-refractivity contribution >= 4 is 12.0 Å². The minimum absolute atomic E-state index is 0.195. The number of carbonyl (C=O) groups is 1. The lowest BCUT2D eigenvalue weighted by molar-refractivity contribution is -0.130. The SMILES string of the molecule is N#C/C(=C\c1ccn(C2CCCC2)c1)C(=O)N1CCOCC1. The fraction of sp³-hybridized carbons (Fsp3) is 0.529. The summed E-state index contributed by atoms with van der Waals surface area (Å²) in [5, 5.41) is 9.30. The lowest BCUT2D eigenvalue weighted by Crippen LogP contribution is -2.41. The van der Waals surface area contributed by atoms with E-state index in [1.807, 2.05) is 18.3 Å². The molecule has 22 heavy (non-hydrogen) atoms. The number of aromatic nitrogens is 1. The predicted octanol–water partition coefficient (Wildman–Crippen LogP) is 2.37. The zero-order valence-electron chi connectivity index (χ0n) is 12.7. The first-order valence-electron chi connectivity index (χ1n) is 7.94. The topological polar surface area (TPSA) is 58.3 Å². The van der Waals surface area contributed by atoms with E-state index < -0.39 is 0 Å². The minimum atomic E-state index is -0.195. The highest BCUT2D eigenvalue weighted by Gasteiger charge is 2.21. The molecule has 0 atom stereocenters. The Labute approximate surface area is 130 Å². The van der Waals surface area contributed by atoms with Crippen molar-refractivity contribution in [3.8, 4) is 6.07 Å². The van der Waals surface area contributed by atoms with Crippen LogP contribution in [-0.2, 0) is 9.53 Å². The van der Waals surface area contributed by atoms with Crippen LogP contribution >= 0.6 is 0 Å². The number of rotatable bonds is 3. The molecule has 1 amide bonds. The Hall–Kier alpha value is -2.06. The highest BCUT2D eigenvalue weighted by atomic mass is 16.5. The Bertz CT molecular complexity index is 600. The van der Waals surface area contributed by atoms with E-state index in [1.165, 1.54) is 25.7 Å². The van der Waals surface area contributed by atoms with Crippen molar-refractivity contribution < 1.29 is 9.53 Å². The van der Waals surface area contributed by atoms with E-state index >= 15 is 0 Å². The maximum atomic E-state index is 12.4. The molecule has 2 heterocycles. The van der Waals surface area contributed by atoms with Crippen molar-refractivity contribution in [1.82, 2.24) is 9.47 Å². The Morgan fingerprint density at radius 2 is 2.05 bits per heavy atom. The van der Waals surface area contributed by atoms with Gasteiger partial charge in [0.15, 0.2) is 0 Å². The number of hydrogen-bond acceptors (Lipinski definition) is 3. The molecule has 2 fully saturated rings. The number of ether oxygens (including phenoxy) is 1. The Balaban J connectivity index is 1.73. The van der Waals surface area contributed by atoms with E-state index in [0.717, 1.165) is 5.56 Å². The predicted molar refractivity (Wildman–Crippen MR) is 82.9 cm³/mol. The Kier molecular flexibility index (Phi) is 4.59. The molecule has 0 N–H and O–H groups in total. The lowest BCUT2D eigenvalue weighted by atomic mass is 10.1. The summed E-state index contributed by atoms with van der Waals surface area (Å²) in [5.74, 6) is -0.195. The van der Waals surface area contributed by atoms with Gasteiger partial charge in [0.25, 0.3) is 5.91 Å². The zero-order valence-corrected chi connectivity index (χ0v) is 12.7. The van der Waals surface area contributed by atoms with Gasteiger partial charge in [-0.05, 0) is 30.5 Å². The van der Waals surface area contributed by atoms with E-state index in [-0.39, 0.29) is 11.5 Å². The van der Waals surface area contributed by atoms with Crippen LogP contribution in [0, 0.1) is 11.3 Å². The lowest BCUT2D eigenvalue weighted by Gasteiger charge is -2.26. The third kappa shape index (κ3) is 3.23. The average molecular weight is 299 g/mol. The van der Waals surface area contributed by atoms with E-state index in [1.54, 1.807) is 11.0 Å². The summed E-state index contributed by atoms with van der Waals surface area (Å²) in [4.78, 5) is 14.1.